The SMILES string of the molecule is CNC(=O)C1CNCCN1C(=O)c1cc(Cl)ccc1O. The van der Waals surface area contributed by atoms with Gasteiger partial charge in [0.05, 0.1) is 5.56 Å². The molecule has 20 heavy (non-hydrogen) atoms. The minimum atomic E-state index is -0.598. The molecule has 108 valence electrons. The van der Waals surface area contributed by atoms with Gasteiger partial charge in [0.1, 0.15) is 11.8 Å². The molecule has 6 nitrogen and oxygen atoms in total. The number of nitrogens with one attached hydrogen (secondary N) is 2. The van der Waals surface area contributed by atoms with Crippen LogP contribution >= 0.6 is 11.6 Å². The summed E-state index contributed by atoms with van der Waals surface area (Å²) < 4.78 is 0. The second-order valence-corrected chi connectivity index (χ2v) is 4.93. The number of hydrogen-bond acceptors (Lipinski definition) is 4. The lowest BCUT2D eigenvalue weighted by Crippen LogP contribution is -2.59. The van der Waals surface area contributed by atoms with Crippen molar-refractivity contribution in [1.82, 2.24) is 15.5 Å². The minimum absolute atomic E-state index is 0.105. The quantitative estimate of drug-likeness (QED) is 0.729. The number of piperazine rings is 1. The third kappa shape index (κ3) is 2.86. The highest BCUT2D eigenvalue weighted by Crippen LogP contribution is 2.24. The van der Waals surface area contributed by atoms with E-state index in [1.54, 1.807) is 0 Å². The van der Waals surface area contributed by atoms with Crippen LogP contribution in [-0.2, 0) is 4.79 Å². The van der Waals surface area contributed by atoms with Gasteiger partial charge < -0.3 is 20.6 Å². The van der Waals surface area contributed by atoms with E-state index in [9.17, 15) is 14.7 Å². The molecule has 0 aromatic heterocycles. The minimum Gasteiger partial charge on any atom is -0.507 e. The fourth-order valence-corrected chi connectivity index (χ4v) is 2.35. The van der Waals surface area contributed by atoms with Gasteiger partial charge in [-0.2, -0.15) is 0 Å². The van der Waals surface area contributed by atoms with Crippen molar-refractivity contribution in [2.24, 2.45) is 0 Å². The van der Waals surface area contributed by atoms with Crippen LogP contribution in [0.5, 0.6) is 5.75 Å². The van der Waals surface area contributed by atoms with Gasteiger partial charge in [-0.3, -0.25) is 9.59 Å². The van der Waals surface area contributed by atoms with Gasteiger partial charge in [0.25, 0.3) is 5.91 Å². The molecule has 2 rings (SSSR count). The van der Waals surface area contributed by atoms with E-state index in [1.807, 2.05) is 0 Å². The van der Waals surface area contributed by atoms with E-state index >= 15 is 0 Å². The average molecular weight is 298 g/mol. The van der Waals surface area contributed by atoms with Crippen molar-refractivity contribution in [2.75, 3.05) is 26.7 Å². The molecule has 0 aliphatic carbocycles. The van der Waals surface area contributed by atoms with E-state index < -0.39 is 11.9 Å². The lowest BCUT2D eigenvalue weighted by Gasteiger charge is -2.35. The van der Waals surface area contributed by atoms with Gasteiger partial charge in [-0.15, -0.1) is 0 Å². The van der Waals surface area contributed by atoms with Gasteiger partial charge in [0.2, 0.25) is 5.91 Å². The normalized spacial score (nSPS) is 18.7. The molecule has 1 aliphatic heterocycles. The second kappa shape index (κ2) is 6.11. The molecule has 0 bridgehead atoms. The zero-order valence-electron chi connectivity index (χ0n) is 11.0. The molecule has 1 aromatic carbocycles. The van der Waals surface area contributed by atoms with Crippen LogP contribution in [0, 0.1) is 0 Å². The number of carbonyl (C=O) groups is 2. The van der Waals surface area contributed by atoms with E-state index in [0.717, 1.165) is 0 Å². The third-order valence-electron chi connectivity index (χ3n) is 3.24. The lowest BCUT2D eigenvalue weighted by atomic mass is 10.1. The monoisotopic (exact) mass is 297 g/mol. The van der Waals surface area contributed by atoms with Crippen LogP contribution in [0.25, 0.3) is 0 Å². The number of phenolic OH excluding ortho intramolecular Hbond substituents is 1. The Morgan fingerprint density at radius 3 is 2.95 bits per heavy atom. The summed E-state index contributed by atoms with van der Waals surface area (Å²) in [7, 11) is 1.52. The van der Waals surface area contributed by atoms with E-state index in [1.165, 1.54) is 30.1 Å². The Balaban J connectivity index is 2.30. The maximum Gasteiger partial charge on any atom is 0.258 e. The first kappa shape index (κ1) is 14.6. The molecular weight excluding hydrogens is 282 g/mol. The Labute approximate surface area is 121 Å². The summed E-state index contributed by atoms with van der Waals surface area (Å²) in [5.74, 6) is -0.791. The highest BCUT2D eigenvalue weighted by Gasteiger charge is 2.33. The molecule has 2 amide bonds. The number of benzene rings is 1. The van der Waals surface area contributed by atoms with Gasteiger partial charge >= 0.3 is 0 Å². The molecule has 0 saturated carbocycles. The molecule has 1 aromatic rings. The number of aromatic hydroxyl groups is 1. The van der Waals surface area contributed by atoms with Crippen LogP contribution in [0.4, 0.5) is 0 Å². The van der Waals surface area contributed by atoms with E-state index in [2.05, 4.69) is 10.6 Å². The summed E-state index contributed by atoms with van der Waals surface area (Å²) >= 11 is 5.85. The highest BCUT2D eigenvalue weighted by atomic mass is 35.5. The molecule has 1 atom stereocenters. The summed E-state index contributed by atoms with van der Waals surface area (Å²) in [5, 5.41) is 15.8. The predicted molar refractivity (Wildman–Crippen MR) is 74.9 cm³/mol. The van der Waals surface area contributed by atoms with Gasteiger partial charge in [0, 0.05) is 31.7 Å². The summed E-state index contributed by atoms with van der Waals surface area (Å²) in [6, 6.07) is 3.68. The molecule has 0 radical (unpaired) electrons. The van der Waals surface area contributed by atoms with Gasteiger partial charge in [-0.05, 0) is 18.2 Å². The molecule has 7 heteroatoms. The fraction of sp³-hybridized carbons (Fsp3) is 0.385. The number of carbonyl (C=O) groups excluding carboxylic acids is 2. The van der Waals surface area contributed by atoms with E-state index in [-0.39, 0.29) is 17.2 Å². The van der Waals surface area contributed by atoms with Crippen LogP contribution in [-0.4, -0.2) is 54.5 Å². The number of amides is 2. The zero-order valence-corrected chi connectivity index (χ0v) is 11.8. The summed E-state index contributed by atoms with van der Waals surface area (Å²) in [4.78, 5) is 25.8. The number of phenols is 1. The molecule has 1 unspecified atom stereocenters. The van der Waals surface area contributed by atoms with Crippen LogP contribution in [0.15, 0.2) is 18.2 Å². The Hall–Kier alpha value is -1.79. The highest BCUT2D eigenvalue weighted by molar-refractivity contribution is 6.31. The van der Waals surface area contributed by atoms with Gasteiger partial charge in [0.15, 0.2) is 0 Å². The summed E-state index contributed by atoms with van der Waals surface area (Å²) in [5.41, 5.74) is 0.105. The largest absolute Gasteiger partial charge is 0.507 e. The zero-order chi connectivity index (χ0) is 14.7. The maximum atomic E-state index is 12.5. The Morgan fingerprint density at radius 1 is 1.50 bits per heavy atom. The molecular formula is C13H16ClN3O3. The fourth-order valence-electron chi connectivity index (χ4n) is 2.18. The Bertz CT molecular complexity index is 536. The number of hydrogen-bond donors (Lipinski definition) is 3. The average Bonchev–Trinajstić information content (AvgIpc) is 2.48. The van der Waals surface area contributed by atoms with Crippen molar-refractivity contribution in [2.45, 2.75) is 6.04 Å². The van der Waals surface area contributed by atoms with Crippen molar-refractivity contribution in [3.8, 4) is 5.75 Å². The van der Waals surface area contributed by atoms with E-state index in [4.69, 9.17) is 11.6 Å². The lowest BCUT2D eigenvalue weighted by molar-refractivity contribution is -0.125. The van der Waals surface area contributed by atoms with Crippen LogP contribution in [0.1, 0.15) is 10.4 Å². The second-order valence-electron chi connectivity index (χ2n) is 4.49. The molecule has 1 saturated heterocycles. The number of likely N-dealkylation sites (N-methyl/N-ethyl adjacent to an activating group) is 1. The summed E-state index contributed by atoms with van der Waals surface area (Å²) in [6.07, 6.45) is 0. The molecule has 1 aliphatic rings. The van der Waals surface area contributed by atoms with Crippen molar-refractivity contribution in [3.05, 3.63) is 28.8 Å². The molecule has 1 fully saturated rings. The Kier molecular flexibility index (Phi) is 4.46. The molecule has 0 spiro atoms. The van der Waals surface area contributed by atoms with Gasteiger partial charge in [-0.25, -0.2) is 0 Å². The first-order chi connectivity index (χ1) is 9.54. The summed E-state index contributed by atoms with van der Waals surface area (Å²) in [6.45, 7) is 1.37. The first-order valence-corrected chi connectivity index (χ1v) is 6.64. The van der Waals surface area contributed by atoms with Crippen molar-refractivity contribution in [3.63, 3.8) is 0 Å². The number of nitrogens with zero attached hydrogens (tertiary/aromatic N) is 1. The van der Waals surface area contributed by atoms with Crippen molar-refractivity contribution >= 4 is 23.4 Å². The molecule has 3 N–H and O–H groups in total. The van der Waals surface area contributed by atoms with Crippen molar-refractivity contribution < 1.29 is 14.7 Å². The maximum absolute atomic E-state index is 12.5. The smallest absolute Gasteiger partial charge is 0.258 e. The number of rotatable bonds is 2. The topological polar surface area (TPSA) is 81.7 Å². The number of halogens is 1. The van der Waals surface area contributed by atoms with Crippen LogP contribution in [0.3, 0.4) is 0 Å². The molecule has 1 heterocycles. The standard InChI is InChI=1S/C13H16ClN3O3/c1-15-12(19)10-7-16-4-5-17(10)13(20)9-6-8(14)2-3-11(9)18/h2-3,6,10,16,18H,4-5,7H2,1H3,(H,15,19). The van der Waals surface area contributed by atoms with Crippen LogP contribution in [0.2, 0.25) is 5.02 Å². The van der Waals surface area contributed by atoms with Crippen LogP contribution < -0.4 is 10.6 Å². The third-order valence-corrected chi connectivity index (χ3v) is 3.48. The van der Waals surface area contributed by atoms with E-state index in [0.29, 0.717) is 24.7 Å². The van der Waals surface area contributed by atoms with Crippen molar-refractivity contribution in [1.29, 1.82) is 0 Å². The Morgan fingerprint density at radius 2 is 2.25 bits per heavy atom. The first-order valence-electron chi connectivity index (χ1n) is 6.26. The predicted octanol–water partition coefficient (Wildman–Crippen LogP) is 0.206. The van der Waals surface area contributed by atoms with Gasteiger partial charge in [-0.1, -0.05) is 11.6 Å².